The van der Waals surface area contributed by atoms with Crippen LogP contribution in [0.2, 0.25) is 0 Å². The maximum atomic E-state index is 12.6. The second kappa shape index (κ2) is 7.40. The molecule has 1 aromatic carbocycles. The fraction of sp³-hybridized carbons (Fsp3) is 0.417. The van der Waals surface area contributed by atoms with Crippen LogP contribution in [0.3, 0.4) is 0 Å². The molecule has 0 fully saturated rings. The van der Waals surface area contributed by atoms with Gasteiger partial charge in [0.2, 0.25) is 5.91 Å². The molecule has 19 heavy (non-hydrogen) atoms. The number of benzene rings is 1. The number of carbonyl (C=O) groups is 1. The van der Waals surface area contributed by atoms with Crippen molar-refractivity contribution in [3.05, 3.63) is 30.1 Å². The third-order valence-electron chi connectivity index (χ3n) is 2.19. The summed E-state index contributed by atoms with van der Waals surface area (Å²) in [6.07, 6.45) is 0.0730. The molecule has 1 rings (SSSR count). The summed E-state index contributed by atoms with van der Waals surface area (Å²) in [4.78, 5) is 12.1. The van der Waals surface area contributed by atoms with E-state index in [-0.39, 0.29) is 12.2 Å². The monoisotopic (exact) mass is 293 g/mol. The number of alkyl halides is 2. The van der Waals surface area contributed by atoms with E-state index in [9.17, 15) is 18.0 Å². The summed E-state index contributed by atoms with van der Waals surface area (Å²) in [5.41, 5.74) is 0. The first kappa shape index (κ1) is 15.8. The molecule has 0 aliphatic carbocycles. The van der Waals surface area contributed by atoms with E-state index in [1.54, 1.807) is 12.1 Å². The molecule has 7 heteroatoms. The highest BCUT2D eigenvalue weighted by Gasteiger charge is 2.27. The zero-order valence-electron chi connectivity index (χ0n) is 10.0. The first-order valence-corrected chi connectivity index (χ1v) is 6.55. The maximum absolute atomic E-state index is 12.6. The van der Waals surface area contributed by atoms with Crippen molar-refractivity contribution in [2.24, 2.45) is 0 Å². The van der Waals surface area contributed by atoms with E-state index in [4.69, 9.17) is 5.11 Å². The summed E-state index contributed by atoms with van der Waals surface area (Å²) in [6.45, 7) is -2.17. The van der Waals surface area contributed by atoms with Crippen LogP contribution in [0.15, 0.2) is 29.2 Å². The molecule has 0 aliphatic rings. The average molecular weight is 293 g/mol. The lowest BCUT2D eigenvalue weighted by Gasteiger charge is -2.13. The van der Waals surface area contributed by atoms with Gasteiger partial charge in [0.05, 0.1) is 6.54 Å². The molecule has 0 bridgehead atoms. The van der Waals surface area contributed by atoms with Gasteiger partial charge in [-0.1, -0.05) is 0 Å². The number of amides is 1. The van der Waals surface area contributed by atoms with E-state index in [2.05, 4.69) is 0 Å². The number of nitrogens with one attached hydrogen (secondary N) is 1. The van der Waals surface area contributed by atoms with E-state index in [1.807, 2.05) is 5.32 Å². The summed E-state index contributed by atoms with van der Waals surface area (Å²) >= 11 is 1.33. The van der Waals surface area contributed by atoms with Crippen LogP contribution in [0.25, 0.3) is 0 Å². The molecule has 0 radical (unpaired) electrons. The van der Waals surface area contributed by atoms with Gasteiger partial charge in [0, 0.05) is 17.1 Å². The van der Waals surface area contributed by atoms with Gasteiger partial charge in [-0.3, -0.25) is 4.79 Å². The smallest absolute Gasteiger partial charge is 0.287 e. The topological polar surface area (TPSA) is 49.3 Å². The Kier molecular flexibility index (Phi) is 6.17. The Morgan fingerprint density at radius 2 is 1.95 bits per heavy atom. The molecule has 0 unspecified atom stereocenters. The number of hydrogen-bond donors (Lipinski definition) is 2. The van der Waals surface area contributed by atoms with Crippen molar-refractivity contribution >= 4 is 17.7 Å². The van der Waals surface area contributed by atoms with Crippen LogP contribution >= 0.6 is 11.8 Å². The van der Waals surface area contributed by atoms with Crippen molar-refractivity contribution in [1.82, 2.24) is 5.32 Å². The van der Waals surface area contributed by atoms with Crippen LogP contribution < -0.4 is 5.32 Å². The summed E-state index contributed by atoms with van der Waals surface area (Å²) < 4.78 is 37.9. The molecular formula is C12H14F3NO2S. The van der Waals surface area contributed by atoms with Crippen molar-refractivity contribution in [1.29, 1.82) is 0 Å². The van der Waals surface area contributed by atoms with Crippen LogP contribution in [0.1, 0.15) is 6.42 Å². The predicted octanol–water partition coefficient (Wildman–Crippen LogP) is 2.05. The first-order valence-electron chi connectivity index (χ1n) is 5.57. The van der Waals surface area contributed by atoms with E-state index in [1.165, 1.54) is 23.9 Å². The molecule has 0 heterocycles. The third-order valence-corrected chi connectivity index (χ3v) is 3.20. The molecule has 0 atom stereocenters. The zero-order chi connectivity index (χ0) is 14.3. The third kappa shape index (κ3) is 6.49. The van der Waals surface area contributed by atoms with Gasteiger partial charge in [-0.25, -0.2) is 13.2 Å². The summed E-state index contributed by atoms with van der Waals surface area (Å²) in [5, 5.41) is 10.4. The van der Waals surface area contributed by atoms with Crippen LogP contribution in [0, 0.1) is 5.82 Å². The normalized spacial score (nSPS) is 11.4. The Balaban J connectivity index is 2.22. The second-order valence-electron chi connectivity index (χ2n) is 3.84. The van der Waals surface area contributed by atoms with Gasteiger partial charge in [0.15, 0.2) is 0 Å². The minimum Gasteiger partial charge on any atom is -0.390 e. The van der Waals surface area contributed by atoms with Crippen LogP contribution in [0.5, 0.6) is 0 Å². The summed E-state index contributed by atoms with van der Waals surface area (Å²) in [7, 11) is 0. The lowest BCUT2D eigenvalue weighted by Crippen LogP contribution is -2.39. The number of thioether (sulfide) groups is 1. The fourth-order valence-corrected chi connectivity index (χ4v) is 2.02. The Hall–Kier alpha value is -1.21. The predicted molar refractivity (Wildman–Crippen MR) is 66.8 cm³/mol. The number of rotatable bonds is 7. The Labute approximate surface area is 113 Å². The molecule has 0 saturated heterocycles. The van der Waals surface area contributed by atoms with Gasteiger partial charge in [0.1, 0.15) is 12.4 Å². The highest BCUT2D eigenvalue weighted by atomic mass is 32.2. The van der Waals surface area contributed by atoms with Crippen LogP contribution in [-0.2, 0) is 4.79 Å². The van der Waals surface area contributed by atoms with Gasteiger partial charge in [-0.15, -0.1) is 11.8 Å². The Morgan fingerprint density at radius 1 is 1.32 bits per heavy atom. The minimum atomic E-state index is -3.29. The highest BCUT2D eigenvalue weighted by Crippen LogP contribution is 2.18. The lowest BCUT2D eigenvalue weighted by atomic mass is 10.3. The Bertz CT molecular complexity index is 412. The summed E-state index contributed by atoms with van der Waals surface area (Å²) in [6, 6.07) is 5.78. The van der Waals surface area contributed by atoms with Gasteiger partial charge in [-0.05, 0) is 24.3 Å². The minimum absolute atomic E-state index is 0.0730. The summed E-state index contributed by atoms with van der Waals surface area (Å²) in [5.74, 6) is -3.74. The van der Waals surface area contributed by atoms with Gasteiger partial charge < -0.3 is 10.4 Å². The molecule has 2 N–H and O–H groups in total. The SMILES string of the molecule is O=C(CCSc1ccc(F)cc1)NCC(F)(F)CO. The molecule has 0 spiro atoms. The van der Waals surface area contributed by atoms with E-state index in [0.29, 0.717) is 5.75 Å². The van der Waals surface area contributed by atoms with Crippen molar-refractivity contribution < 1.29 is 23.1 Å². The van der Waals surface area contributed by atoms with Gasteiger partial charge in [-0.2, -0.15) is 0 Å². The maximum Gasteiger partial charge on any atom is 0.287 e. The molecular weight excluding hydrogens is 279 g/mol. The second-order valence-corrected chi connectivity index (χ2v) is 5.01. The van der Waals surface area contributed by atoms with Crippen LogP contribution in [-0.4, -0.2) is 35.8 Å². The molecule has 1 aromatic rings. The molecule has 106 valence electrons. The molecule has 0 aliphatic heterocycles. The number of aliphatic hydroxyl groups excluding tert-OH is 1. The quantitative estimate of drug-likeness (QED) is 0.757. The Morgan fingerprint density at radius 3 is 2.53 bits per heavy atom. The van der Waals surface area contributed by atoms with Crippen molar-refractivity contribution in [2.75, 3.05) is 18.9 Å². The zero-order valence-corrected chi connectivity index (χ0v) is 10.9. The number of carbonyl (C=O) groups excluding carboxylic acids is 1. The van der Waals surface area contributed by atoms with Crippen molar-refractivity contribution in [3.63, 3.8) is 0 Å². The van der Waals surface area contributed by atoms with Gasteiger partial charge in [0.25, 0.3) is 5.92 Å². The fourth-order valence-electron chi connectivity index (χ4n) is 1.16. The van der Waals surface area contributed by atoms with Crippen LogP contribution in [0.4, 0.5) is 13.2 Å². The average Bonchev–Trinajstić information content (AvgIpc) is 2.39. The number of halogens is 3. The number of hydrogen-bond acceptors (Lipinski definition) is 3. The van der Waals surface area contributed by atoms with Crippen molar-refractivity contribution in [3.8, 4) is 0 Å². The first-order chi connectivity index (χ1) is 8.93. The van der Waals surface area contributed by atoms with Crippen molar-refractivity contribution in [2.45, 2.75) is 17.2 Å². The molecule has 3 nitrogen and oxygen atoms in total. The standard InChI is InChI=1S/C12H14F3NO2S/c13-9-1-3-10(4-2-9)19-6-5-11(18)16-7-12(14,15)8-17/h1-4,17H,5-8H2,(H,16,18). The lowest BCUT2D eigenvalue weighted by molar-refractivity contribution is -0.123. The molecule has 1 amide bonds. The molecule has 0 saturated carbocycles. The highest BCUT2D eigenvalue weighted by molar-refractivity contribution is 7.99. The largest absolute Gasteiger partial charge is 0.390 e. The van der Waals surface area contributed by atoms with E-state index >= 15 is 0 Å². The van der Waals surface area contributed by atoms with E-state index < -0.39 is 25.0 Å². The molecule has 0 aromatic heterocycles. The van der Waals surface area contributed by atoms with E-state index in [0.717, 1.165) is 4.90 Å². The number of aliphatic hydroxyl groups is 1. The van der Waals surface area contributed by atoms with Gasteiger partial charge >= 0.3 is 0 Å².